The third kappa shape index (κ3) is 4.81. The normalized spacial score (nSPS) is 15.0. The van der Waals surface area contributed by atoms with Gasteiger partial charge >= 0.3 is 0 Å². The summed E-state index contributed by atoms with van der Waals surface area (Å²) in [4.78, 5) is 19.3. The van der Waals surface area contributed by atoms with Crippen molar-refractivity contribution in [3.05, 3.63) is 42.4 Å². The van der Waals surface area contributed by atoms with Crippen molar-refractivity contribution in [2.45, 2.75) is 4.90 Å². The first kappa shape index (κ1) is 23.9. The monoisotopic (exact) mass is 515 g/mol. The van der Waals surface area contributed by atoms with Crippen molar-refractivity contribution in [1.82, 2.24) is 29.5 Å². The van der Waals surface area contributed by atoms with Gasteiger partial charge < -0.3 is 20.0 Å². The fourth-order valence-electron chi connectivity index (χ4n) is 4.05. The number of hydrogen-bond acceptors (Lipinski definition) is 11. The molecule has 1 aliphatic heterocycles. The number of sulfone groups is 1. The van der Waals surface area contributed by atoms with E-state index in [0.29, 0.717) is 48.6 Å². The summed E-state index contributed by atoms with van der Waals surface area (Å²) in [5.74, 6) is 1.30. The number of anilines is 3. The van der Waals surface area contributed by atoms with Crippen molar-refractivity contribution in [2.24, 2.45) is 0 Å². The van der Waals surface area contributed by atoms with Crippen LogP contribution in [0.25, 0.3) is 17.4 Å². The summed E-state index contributed by atoms with van der Waals surface area (Å²) in [5.41, 5.74) is 6.50. The highest BCUT2D eigenvalue weighted by Gasteiger charge is 2.22. The third-order valence-corrected chi connectivity index (χ3v) is 7.23. The molecule has 1 saturated heterocycles. The van der Waals surface area contributed by atoms with Gasteiger partial charge in [0, 0.05) is 52.6 Å². The first-order valence-corrected chi connectivity index (χ1v) is 13.2. The molecule has 0 atom stereocenters. The molecule has 36 heavy (non-hydrogen) atoms. The van der Waals surface area contributed by atoms with Crippen LogP contribution in [0.3, 0.4) is 0 Å². The van der Waals surface area contributed by atoms with Gasteiger partial charge in [-0.25, -0.2) is 12.8 Å². The molecule has 0 radical (unpaired) electrons. The summed E-state index contributed by atoms with van der Waals surface area (Å²) in [7, 11) is -1.57. The summed E-state index contributed by atoms with van der Waals surface area (Å²) < 4.78 is 44.6. The summed E-state index contributed by atoms with van der Waals surface area (Å²) in [6.45, 7) is 4.12. The van der Waals surface area contributed by atoms with Gasteiger partial charge in [-0.05, 0) is 30.3 Å². The number of hydrogen-bond donors (Lipinski definition) is 1. The number of nitrogen functional groups attached to an aromatic ring is 1. The number of fused-ring (bicyclic) bond motifs is 1. The Bertz CT molecular complexity index is 1480. The predicted octanol–water partition coefficient (Wildman–Crippen LogP) is 1.16. The molecule has 12 nitrogen and oxygen atoms in total. The number of piperazine rings is 1. The zero-order valence-electron chi connectivity index (χ0n) is 19.9. The van der Waals surface area contributed by atoms with E-state index in [0.717, 1.165) is 32.0 Å². The molecule has 1 fully saturated rings. The lowest BCUT2D eigenvalue weighted by atomic mass is 10.2. The van der Waals surface area contributed by atoms with Gasteiger partial charge in [-0.15, -0.1) is 5.10 Å². The van der Waals surface area contributed by atoms with Gasteiger partial charge in [0.2, 0.25) is 17.7 Å². The predicted molar refractivity (Wildman–Crippen MR) is 132 cm³/mol. The molecule has 0 spiro atoms. The summed E-state index contributed by atoms with van der Waals surface area (Å²) in [6.07, 6.45) is 2.61. The second-order valence-electron chi connectivity index (χ2n) is 8.64. The van der Waals surface area contributed by atoms with E-state index in [1.165, 1.54) is 16.6 Å². The molecular weight excluding hydrogens is 489 g/mol. The van der Waals surface area contributed by atoms with E-state index in [4.69, 9.17) is 10.2 Å². The standard InChI is InChI=1S/C22H26FN9O3S/c1-29(21-26-20(24)32-22(27-21)25-19(28-32)18-4-3-13-35-18)7-8-30-9-11-31(12-10-30)17-6-5-15(14-16(17)23)36(2,33)34/h3-6,13-14H,7-12H2,1-2H3,(H2,24,25,26,27,28). The molecule has 14 heteroatoms. The Morgan fingerprint density at radius 3 is 2.58 bits per heavy atom. The van der Waals surface area contributed by atoms with Crippen LogP contribution in [0.5, 0.6) is 0 Å². The summed E-state index contributed by atoms with van der Waals surface area (Å²) in [6, 6.07) is 7.57. The first-order chi connectivity index (χ1) is 17.2. The Morgan fingerprint density at radius 1 is 1.14 bits per heavy atom. The van der Waals surface area contributed by atoms with Crippen molar-refractivity contribution in [1.29, 1.82) is 0 Å². The molecule has 0 bridgehead atoms. The minimum Gasteiger partial charge on any atom is -0.461 e. The quantitative estimate of drug-likeness (QED) is 0.379. The fraction of sp³-hybridized carbons (Fsp3) is 0.364. The van der Waals surface area contributed by atoms with Gasteiger partial charge in [0.25, 0.3) is 5.78 Å². The Hall–Kier alpha value is -3.78. The molecule has 0 amide bonds. The molecular formula is C22H26FN9O3S. The number of nitrogens with two attached hydrogens (primary N) is 1. The van der Waals surface area contributed by atoms with E-state index in [9.17, 15) is 12.8 Å². The minimum atomic E-state index is -3.45. The van der Waals surface area contributed by atoms with Crippen molar-refractivity contribution in [2.75, 3.05) is 68.1 Å². The van der Waals surface area contributed by atoms with Crippen LogP contribution in [0.15, 0.2) is 45.9 Å². The average molecular weight is 516 g/mol. The number of nitrogens with zero attached hydrogens (tertiary/aromatic N) is 8. The molecule has 2 N–H and O–H groups in total. The topological polar surface area (TPSA) is 139 Å². The van der Waals surface area contributed by atoms with E-state index in [-0.39, 0.29) is 10.8 Å². The van der Waals surface area contributed by atoms with E-state index < -0.39 is 15.7 Å². The highest BCUT2D eigenvalue weighted by atomic mass is 32.2. The first-order valence-electron chi connectivity index (χ1n) is 11.3. The van der Waals surface area contributed by atoms with Crippen molar-refractivity contribution >= 4 is 33.2 Å². The largest absolute Gasteiger partial charge is 0.461 e. The van der Waals surface area contributed by atoms with Crippen molar-refractivity contribution in [3.63, 3.8) is 0 Å². The Labute approximate surface area is 207 Å². The Kier molecular flexibility index (Phi) is 6.22. The summed E-state index contributed by atoms with van der Waals surface area (Å²) in [5, 5.41) is 4.30. The van der Waals surface area contributed by atoms with Gasteiger partial charge in [0.05, 0.1) is 16.8 Å². The number of furan rings is 1. The van der Waals surface area contributed by atoms with Crippen LogP contribution in [0.1, 0.15) is 0 Å². The highest BCUT2D eigenvalue weighted by Crippen LogP contribution is 2.24. The lowest BCUT2D eigenvalue weighted by Crippen LogP contribution is -2.48. The van der Waals surface area contributed by atoms with Gasteiger partial charge in [-0.3, -0.25) is 4.90 Å². The van der Waals surface area contributed by atoms with Crippen molar-refractivity contribution in [3.8, 4) is 11.6 Å². The van der Waals surface area contributed by atoms with E-state index in [1.807, 2.05) is 16.8 Å². The van der Waals surface area contributed by atoms with Crippen LogP contribution in [-0.2, 0) is 9.84 Å². The van der Waals surface area contributed by atoms with Gasteiger partial charge in [0.15, 0.2) is 15.6 Å². The maximum atomic E-state index is 14.6. The molecule has 5 rings (SSSR count). The zero-order valence-corrected chi connectivity index (χ0v) is 20.7. The number of aromatic nitrogens is 5. The molecule has 3 aromatic heterocycles. The van der Waals surface area contributed by atoms with Crippen LogP contribution in [0, 0.1) is 5.82 Å². The average Bonchev–Trinajstić information content (AvgIpc) is 3.52. The second kappa shape index (κ2) is 9.35. The molecule has 4 heterocycles. The van der Waals surface area contributed by atoms with Crippen LogP contribution >= 0.6 is 0 Å². The van der Waals surface area contributed by atoms with E-state index in [1.54, 1.807) is 18.4 Å². The SMILES string of the molecule is CN(CCN1CCN(c2ccc(S(C)(=O)=O)cc2F)CC1)c1nc(N)n2nc(-c3ccco3)nc2n1. The summed E-state index contributed by atoms with van der Waals surface area (Å²) >= 11 is 0. The second-order valence-corrected chi connectivity index (χ2v) is 10.7. The van der Waals surface area contributed by atoms with Crippen LogP contribution < -0.4 is 15.5 Å². The minimum absolute atomic E-state index is 0.0187. The maximum absolute atomic E-state index is 14.6. The molecule has 190 valence electrons. The van der Waals surface area contributed by atoms with Crippen LogP contribution in [0.4, 0.5) is 22.0 Å². The molecule has 1 aromatic carbocycles. The third-order valence-electron chi connectivity index (χ3n) is 6.12. The number of rotatable bonds is 7. The van der Waals surface area contributed by atoms with Gasteiger partial charge in [-0.1, -0.05) is 0 Å². The van der Waals surface area contributed by atoms with E-state index >= 15 is 0 Å². The Morgan fingerprint density at radius 2 is 1.92 bits per heavy atom. The molecule has 0 unspecified atom stereocenters. The molecule has 0 aliphatic carbocycles. The number of halogens is 1. The van der Waals surface area contributed by atoms with Crippen molar-refractivity contribution < 1.29 is 17.2 Å². The van der Waals surface area contributed by atoms with E-state index in [2.05, 4.69) is 25.0 Å². The highest BCUT2D eigenvalue weighted by molar-refractivity contribution is 7.90. The van der Waals surface area contributed by atoms with Crippen LogP contribution in [0.2, 0.25) is 0 Å². The Balaban J connectivity index is 1.19. The zero-order chi connectivity index (χ0) is 25.4. The lowest BCUT2D eigenvalue weighted by molar-refractivity contribution is 0.262. The van der Waals surface area contributed by atoms with Crippen LogP contribution in [-0.4, -0.2) is 90.5 Å². The van der Waals surface area contributed by atoms with Gasteiger partial charge in [0.1, 0.15) is 5.82 Å². The molecule has 0 saturated carbocycles. The van der Waals surface area contributed by atoms with Gasteiger partial charge in [-0.2, -0.15) is 19.5 Å². The number of likely N-dealkylation sites (N-methyl/N-ethyl adjacent to an activating group) is 1. The smallest absolute Gasteiger partial charge is 0.259 e. The fourth-order valence-corrected chi connectivity index (χ4v) is 4.69. The lowest BCUT2D eigenvalue weighted by Gasteiger charge is -2.36. The molecule has 1 aliphatic rings. The number of benzene rings is 1. The maximum Gasteiger partial charge on any atom is 0.259 e. The molecule has 4 aromatic rings.